The Hall–Kier alpha value is -2.74. The molecular weight excluding hydrogens is 377 g/mol. The van der Waals surface area contributed by atoms with Crippen molar-refractivity contribution in [1.29, 1.82) is 0 Å². The zero-order valence-electron chi connectivity index (χ0n) is 14.0. The van der Waals surface area contributed by atoms with Gasteiger partial charge in [-0.15, -0.1) is 0 Å². The van der Waals surface area contributed by atoms with Crippen molar-refractivity contribution in [1.82, 2.24) is 9.97 Å². The minimum atomic E-state index is -4.72. The van der Waals surface area contributed by atoms with E-state index in [0.717, 1.165) is 16.7 Å². The van der Waals surface area contributed by atoms with E-state index < -0.39 is 28.2 Å². The fourth-order valence-electron chi connectivity index (χ4n) is 2.54. The molecule has 0 bridgehead atoms. The Labute approximate surface area is 155 Å². The van der Waals surface area contributed by atoms with E-state index in [1.165, 1.54) is 0 Å². The molecule has 0 amide bonds. The van der Waals surface area contributed by atoms with E-state index in [4.69, 9.17) is 0 Å². The lowest BCUT2D eigenvalue weighted by molar-refractivity contribution is -0.141. The maximum atomic E-state index is 12.7. The minimum Gasteiger partial charge on any atom is -0.310 e. The third kappa shape index (κ3) is 5.13. The molecule has 2 aromatic carbocycles. The van der Waals surface area contributed by atoms with E-state index in [1.807, 2.05) is 54.6 Å². The summed E-state index contributed by atoms with van der Waals surface area (Å²) in [7, 11) is -1.52. The highest BCUT2D eigenvalue weighted by atomic mass is 32.2. The quantitative estimate of drug-likeness (QED) is 0.716. The fraction of sp³-hybridized carbons (Fsp3) is 0.158. The van der Waals surface area contributed by atoms with Crippen molar-refractivity contribution in [2.75, 3.05) is 0 Å². The summed E-state index contributed by atoms with van der Waals surface area (Å²) in [5.41, 5.74) is 0.634. The summed E-state index contributed by atoms with van der Waals surface area (Å²) in [5, 5.41) is 0. The Balaban J connectivity index is 1.69. The second-order valence-electron chi connectivity index (χ2n) is 5.87. The van der Waals surface area contributed by atoms with Crippen LogP contribution in [0.15, 0.2) is 65.5 Å². The maximum Gasteiger partial charge on any atom is 0.433 e. The summed E-state index contributed by atoms with van der Waals surface area (Å²) >= 11 is 0. The monoisotopic (exact) mass is 392 g/mol. The van der Waals surface area contributed by atoms with Gasteiger partial charge in [0, 0.05) is 22.6 Å². The number of aromatic amines is 1. The predicted octanol–water partition coefficient (Wildman–Crippen LogP) is 3.90. The van der Waals surface area contributed by atoms with Crippen molar-refractivity contribution in [3.05, 3.63) is 88.1 Å². The van der Waals surface area contributed by atoms with Crippen molar-refractivity contribution >= 4 is 10.8 Å². The number of H-pyrrole nitrogens is 1. The van der Waals surface area contributed by atoms with Crippen LogP contribution in [0.5, 0.6) is 0 Å². The lowest BCUT2D eigenvalue weighted by Gasteiger charge is -2.08. The lowest BCUT2D eigenvalue weighted by atomic mass is 10.0. The van der Waals surface area contributed by atoms with Gasteiger partial charge in [-0.2, -0.15) is 13.2 Å². The van der Waals surface area contributed by atoms with Crippen LogP contribution in [0.3, 0.4) is 0 Å². The zero-order chi connectivity index (χ0) is 19.4. The van der Waals surface area contributed by atoms with Gasteiger partial charge in [0.2, 0.25) is 0 Å². The lowest BCUT2D eigenvalue weighted by Crippen LogP contribution is -2.19. The van der Waals surface area contributed by atoms with Crippen molar-refractivity contribution in [3.63, 3.8) is 0 Å². The van der Waals surface area contributed by atoms with Crippen LogP contribution in [-0.4, -0.2) is 14.2 Å². The first-order chi connectivity index (χ1) is 12.8. The largest absolute Gasteiger partial charge is 0.433 e. The van der Waals surface area contributed by atoms with Crippen LogP contribution < -0.4 is 5.56 Å². The van der Waals surface area contributed by atoms with Crippen LogP contribution in [0.25, 0.3) is 11.1 Å². The third-order valence-electron chi connectivity index (χ3n) is 3.77. The van der Waals surface area contributed by atoms with Crippen LogP contribution >= 0.6 is 0 Å². The summed E-state index contributed by atoms with van der Waals surface area (Å²) in [4.78, 5) is 16.9. The third-order valence-corrected chi connectivity index (χ3v) is 5.02. The maximum absolute atomic E-state index is 12.7. The number of alkyl halides is 3. The summed E-state index contributed by atoms with van der Waals surface area (Å²) in [6.07, 6.45) is -4.72. The van der Waals surface area contributed by atoms with Gasteiger partial charge < -0.3 is 4.98 Å². The molecule has 1 atom stereocenters. The number of benzene rings is 2. The molecule has 4 nitrogen and oxygen atoms in total. The highest BCUT2D eigenvalue weighted by Gasteiger charge is 2.33. The van der Waals surface area contributed by atoms with Crippen LogP contribution in [-0.2, 0) is 28.5 Å². The molecule has 27 heavy (non-hydrogen) atoms. The van der Waals surface area contributed by atoms with Gasteiger partial charge in [0.15, 0.2) is 5.69 Å². The highest BCUT2D eigenvalue weighted by Crippen LogP contribution is 2.26. The average Bonchev–Trinajstić information content (AvgIpc) is 2.62. The molecule has 0 aliphatic carbocycles. The van der Waals surface area contributed by atoms with Gasteiger partial charge in [-0.25, -0.2) is 4.98 Å². The number of nitrogens with one attached hydrogen (secondary N) is 1. The molecule has 140 valence electrons. The standard InChI is InChI=1S/C19H15F3N2O2S/c20-19(21,22)16-10-18(25)24-17(23-16)12-27(26)11-13-6-8-15(9-7-13)14-4-2-1-3-5-14/h1-10H,11-12H2,(H,23,24,25). The zero-order valence-corrected chi connectivity index (χ0v) is 14.8. The second kappa shape index (κ2) is 7.87. The number of halogens is 3. The molecule has 1 unspecified atom stereocenters. The Bertz CT molecular complexity index is 1000. The molecule has 3 rings (SSSR count). The summed E-state index contributed by atoms with van der Waals surface area (Å²) in [6.45, 7) is 0. The highest BCUT2D eigenvalue weighted by molar-refractivity contribution is 7.83. The molecule has 0 saturated carbocycles. The molecule has 8 heteroatoms. The summed E-state index contributed by atoms with van der Waals surface area (Å²) in [6, 6.07) is 17.6. The number of nitrogens with zero attached hydrogens (tertiary/aromatic N) is 1. The van der Waals surface area contributed by atoms with Gasteiger partial charge in [-0.1, -0.05) is 54.6 Å². The van der Waals surface area contributed by atoms with Gasteiger partial charge in [-0.05, 0) is 16.7 Å². The molecule has 3 aromatic rings. The molecule has 1 N–H and O–H groups in total. The van der Waals surface area contributed by atoms with Crippen LogP contribution in [0.2, 0.25) is 0 Å². The molecular formula is C19H15F3N2O2S. The first-order valence-corrected chi connectivity index (χ1v) is 9.47. The first kappa shape index (κ1) is 19.0. The molecule has 0 saturated heterocycles. The smallest absolute Gasteiger partial charge is 0.310 e. The van der Waals surface area contributed by atoms with E-state index in [0.29, 0.717) is 6.07 Å². The van der Waals surface area contributed by atoms with Crippen molar-refractivity contribution in [2.24, 2.45) is 0 Å². The van der Waals surface area contributed by atoms with Gasteiger partial charge >= 0.3 is 6.18 Å². The van der Waals surface area contributed by atoms with Gasteiger partial charge in [0.25, 0.3) is 5.56 Å². The van der Waals surface area contributed by atoms with Crippen molar-refractivity contribution < 1.29 is 17.4 Å². The van der Waals surface area contributed by atoms with Crippen LogP contribution in [0.1, 0.15) is 17.1 Å². The van der Waals surface area contributed by atoms with E-state index >= 15 is 0 Å². The molecule has 0 aliphatic heterocycles. The van der Waals surface area contributed by atoms with Gasteiger partial charge in [0.05, 0.1) is 5.75 Å². The van der Waals surface area contributed by atoms with Crippen LogP contribution in [0.4, 0.5) is 13.2 Å². The second-order valence-corrected chi connectivity index (χ2v) is 7.32. The molecule has 0 fully saturated rings. The molecule has 0 radical (unpaired) electrons. The summed E-state index contributed by atoms with van der Waals surface area (Å²) < 4.78 is 50.4. The SMILES string of the molecule is O=c1cc(C(F)(F)F)nc(CS(=O)Cc2ccc(-c3ccccc3)cc2)[nH]1. The molecule has 0 spiro atoms. The molecule has 0 aliphatic rings. The van der Waals surface area contributed by atoms with Crippen molar-refractivity contribution in [3.8, 4) is 11.1 Å². The first-order valence-electron chi connectivity index (χ1n) is 7.98. The van der Waals surface area contributed by atoms with E-state index in [-0.39, 0.29) is 17.3 Å². The Morgan fingerprint density at radius 2 is 1.56 bits per heavy atom. The minimum absolute atomic E-state index is 0.148. The van der Waals surface area contributed by atoms with Gasteiger partial charge in [-0.3, -0.25) is 9.00 Å². The number of hydrogen-bond donors (Lipinski definition) is 1. The summed E-state index contributed by atoms with van der Waals surface area (Å²) in [5.74, 6) is -0.358. The van der Waals surface area contributed by atoms with E-state index in [2.05, 4.69) is 9.97 Å². The number of hydrogen-bond acceptors (Lipinski definition) is 3. The van der Waals surface area contributed by atoms with Gasteiger partial charge in [0.1, 0.15) is 5.82 Å². The number of aromatic nitrogens is 2. The number of rotatable bonds is 5. The molecule has 1 aromatic heterocycles. The van der Waals surface area contributed by atoms with Crippen LogP contribution in [0, 0.1) is 0 Å². The van der Waals surface area contributed by atoms with E-state index in [1.54, 1.807) is 0 Å². The predicted molar refractivity (Wildman–Crippen MR) is 97.3 cm³/mol. The Kier molecular flexibility index (Phi) is 5.55. The normalized spacial score (nSPS) is 12.7. The van der Waals surface area contributed by atoms with E-state index in [9.17, 15) is 22.2 Å². The fourth-order valence-corrected chi connectivity index (χ4v) is 3.64. The van der Waals surface area contributed by atoms with Crippen molar-refractivity contribution in [2.45, 2.75) is 17.7 Å². The molecule has 1 heterocycles. The Morgan fingerprint density at radius 1 is 0.926 bits per heavy atom. The average molecular weight is 392 g/mol. The Morgan fingerprint density at radius 3 is 2.19 bits per heavy atom. The topological polar surface area (TPSA) is 62.8 Å².